The number of aryl methyl sites for hydroxylation is 1. The van der Waals surface area contributed by atoms with E-state index in [4.69, 9.17) is 16.3 Å². The Morgan fingerprint density at radius 1 is 1.06 bits per heavy atom. The van der Waals surface area contributed by atoms with Gasteiger partial charge >= 0.3 is 0 Å². The van der Waals surface area contributed by atoms with Crippen LogP contribution in [0.2, 0.25) is 0 Å². The number of anilines is 2. The zero-order chi connectivity index (χ0) is 23.6. The Labute approximate surface area is 191 Å². The molecule has 8 heteroatoms. The van der Waals surface area contributed by atoms with Gasteiger partial charge in [-0.05, 0) is 66.9 Å². The lowest BCUT2D eigenvalue weighted by Crippen LogP contribution is -2.05. The number of primary amides is 1. The van der Waals surface area contributed by atoms with Crippen LogP contribution in [0.25, 0.3) is 22.2 Å². The molecule has 7 N–H and O–H groups in total. The molecule has 0 aliphatic rings. The summed E-state index contributed by atoms with van der Waals surface area (Å²) in [5.74, 6) is 0.338. The summed E-state index contributed by atoms with van der Waals surface area (Å²) in [5, 5.41) is 4.37. The van der Waals surface area contributed by atoms with E-state index in [0.29, 0.717) is 47.8 Å². The predicted octanol–water partition coefficient (Wildman–Crippen LogP) is 3.62. The molecule has 0 atom stereocenters. The zero-order valence-corrected chi connectivity index (χ0v) is 18.2. The number of aromatic nitrogens is 2. The average Bonchev–Trinajstić information content (AvgIpc) is 2.83. The number of hydrogen-bond donors (Lipinski definition) is 4. The van der Waals surface area contributed by atoms with Crippen LogP contribution in [0, 0.1) is 5.82 Å². The molecule has 1 amide bonds. The monoisotopic (exact) mass is 446 g/mol. The summed E-state index contributed by atoms with van der Waals surface area (Å²) in [6, 6.07) is 18.9. The molecular formula is C25H27FN6O. The lowest BCUT2D eigenvalue weighted by molar-refractivity contribution is -0.106. The van der Waals surface area contributed by atoms with Gasteiger partial charge in [-0.2, -0.15) is 0 Å². The third-order valence-corrected chi connectivity index (χ3v) is 5.05. The van der Waals surface area contributed by atoms with E-state index in [1.807, 2.05) is 30.3 Å². The number of pyridine rings is 2. The number of carbonyl (C=O) groups excluding carboxylic acids is 1. The second-order valence-corrected chi connectivity index (χ2v) is 7.35. The van der Waals surface area contributed by atoms with Crippen LogP contribution < -0.4 is 22.5 Å². The Bertz CT molecular complexity index is 1230. The van der Waals surface area contributed by atoms with E-state index < -0.39 is 0 Å². The molecule has 0 aliphatic carbocycles. The molecule has 2 aromatic heterocycles. The first-order valence-corrected chi connectivity index (χ1v) is 10.5. The molecule has 0 bridgehead atoms. The van der Waals surface area contributed by atoms with Crippen molar-refractivity contribution < 1.29 is 9.18 Å². The SMILES string of the molecule is NC=O.NCCCc1ccc(-c2ccc(N)c(NCc3ccc4ncccc4c3)n2)cc1F. The maximum absolute atomic E-state index is 14.4. The van der Waals surface area contributed by atoms with Crippen molar-refractivity contribution in [3.8, 4) is 11.3 Å². The summed E-state index contributed by atoms with van der Waals surface area (Å²) in [4.78, 5) is 17.5. The molecule has 2 aromatic carbocycles. The number of halogens is 1. The van der Waals surface area contributed by atoms with Crippen molar-refractivity contribution in [3.63, 3.8) is 0 Å². The quantitative estimate of drug-likeness (QED) is 0.321. The van der Waals surface area contributed by atoms with Crippen LogP contribution >= 0.6 is 0 Å². The van der Waals surface area contributed by atoms with Gasteiger partial charge in [0, 0.05) is 23.7 Å². The number of nitrogens with one attached hydrogen (secondary N) is 1. The van der Waals surface area contributed by atoms with Gasteiger partial charge < -0.3 is 22.5 Å². The zero-order valence-electron chi connectivity index (χ0n) is 18.2. The van der Waals surface area contributed by atoms with Crippen molar-refractivity contribution in [1.82, 2.24) is 9.97 Å². The topological polar surface area (TPSA) is 133 Å². The van der Waals surface area contributed by atoms with Gasteiger partial charge in [0.15, 0.2) is 0 Å². The van der Waals surface area contributed by atoms with Crippen LogP contribution in [-0.2, 0) is 17.8 Å². The molecule has 0 unspecified atom stereocenters. The highest BCUT2D eigenvalue weighted by Crippen LogP contribution is 2.26. The van der Waals surface area contributed by atoms with Gasteiger partial charge in [0.1, 0.15) is 11.6 Å². The van der Waals surface area contributed by atoms with Crippen LogP contribution in [0.15, 0.2) is 66.9 Å². The predicted molar refractivity (Wildman–Crippen MR) is 131 cm³/mol. The normalized spacial score (nSPS) is 10.4. The number of carbonyl (C=O) groups is 1. The van der Waals surface area contributed by atoms with Crippen molar-refractivity contribution in [1.29, 1.82) is 0 Å². The number of nitrogens with two attached hydrogens (primary N) is 3. The largest absolute Gasteiger partial charge is 0.396 e. The second-order valence-electron chi connectivity index (χ2n) is 7.35. The fraction of sp³-hybridized carbons (Fsp3) is 0.160. The van der Waals surface area contributed by atoms with Crippen molar-refractivity contribution >= 4 is 28.8 Å². The Kier molecular flexibility index (Phi) is 8.26. The van der Waals surface area contributed by atoms with Gasteiger partial charge in [0.25, 0.3) is 0 Å². The molecule has 0 fully saturated rings. The van der Waals surface area contributed by atoms with Crippen LogP contribution in [0.5, 0.6) is 0 Å². The number of benzene rings is 2. The summed E-state index contributed by atoms with van der Waals surface area (Å²) < 4.78 is 14.4. The lowest BCUT2D eigenvalue weighted by atomic mass is 10.0. The minimum absolute atomic E-state index is 0.237. The smallest absolute Gasteiger partial charge is 0.204 e. The summed E-state index contributed by atoms with van der Waals surface area (Å²) in [5.41, 5.74) is 20.4. The van der Waals surface area contributed by atoms with Crippen LogP contribution in [-0.4, -0.2) is 22.9 Å². The molecule has 0 saturated carbocycles. The van der Waals surface area contributed by atoms with Crippen molar-refractivity contribution in [2.75, 3.05) is 17.6 Å². The Morgan fingerprint density at radius 2 is 1.88 bits per heavy atom. The number of rotatable bonds is 7. The molecule has 7 nitrogen and oxygen atoms in total. The maximum Gasteiger partial charge on any atom is 0.204 e. The lowest BCUT2D eigenvalue weighted by Gasteiger charge is -2.12. The highest BCUT2D eigenvalue weighted by atomic mass is 19.1. The third-order valence-electron chi connectivity index (χ3n) is 5.05. The second kappa shape index (κ2) is 11.5. The summed E-state index contributed by atoms with van der Waals surface area (Å²) >= 11 is 0. The highest BCUT2D eigenvalue weighted by Gasteiger charge is 2.09. The number of nitrogens with zero attached hydrogens (tertiary/aromatic N) is 2. The molecular weight excluding hydrogens is 419 g/mol. The molecule has 0 aliphatic heterocycles. The van der Waals surface area contributed by atoms with Gasteiger partial charge in [-0.3, -0.25) is 9.78 Å². The molecule has 170 valence electrons. The first-order chi connectivity index (χ1) is 16.0. The molecule has 4 rings (SSSR count). The van der Waals surface area contributed by atoms with E-state index in [1.54, 1.807) is 24.4 Å². The van der Waals surface area contributed by atoms with Crippen molar-refractivity contribution in [2.45, 2.75) is 19.4 Å². The average molecular weight is 447 g/mol. The Balaban J connectivity index is 0.000000968. The number of amides is 1. The molecule has 0 radical (unpaired) electrons. The van der Waals surface area contributed by atoms with E-state index in [2.05, 4.69) is 27.1 Å². The van der Waals surface area contributed by atoms with E-state index in [1.165, 1.54) is 6.07 Å². The van der Waals surface area contributed by atoms with Crippen molar-refractivity contribution in [3.05, 3.63) is 83.8 Å². The maximum atomic E-state index is 14.4. The highest BCUT2D eigenvalue weighted by molar-refractivity contribution is 5.79. The van der Waals surface area contributed by atoms with Crippen LogP contribution in [0.3, 0.4) is 0 Å². The summed E-state index contributed by atoms with van der Waals surface area (Å²) in [6.45, 7) is 1.11. The number of hydrogen-bond acceptors (Lipinski definition) is 6. The molecule has 33 heavy (non-hydrogen) atoms. The fourth-order valence-corrected chi connectivity index (χ4v) is 3.40. The van der Waals surface area contributed by atoms with E-state index in [-0.39, 0.29) is 12.2 Å². The molecule has 0 saturated heterocycles. The Morgan fingerprint density at radius 3 is 2.64 bits per heavy atom. The van der Waals surface area contributed by atoms with Crippen molar-refractivity contribution in [2.24, 2.45) is 11.5 Å². The number of nitrogen functional groups attached to an aromatic ring is 1. The van der Waals surface area contributed by atoms with Gasteiger partial charge in [0.2, 0.25) is 6.41 Å². The fourth-order valence-electron chi connectivity index (χ4n) is 3.40. The van der Waals surface area contributed by atoms with E-state index in [9.17, 15) is 4.39 Å². The van der Waals surface area contributed by atoms with E-state index in [0.717, 1.165) is 22.9 Å². The van der Waals surface area contributed by atoms with Gasteiger partial charge in [0.05, 0.1) is 16.9 Å². The first-order valence-electron chi connectivity index (χ1n) is 10.5. The third kappa shape index (κ3) is 6.24. The minimum atomic E-state index is -0.237. The van der Waals surface area contributed by atoms with Gasteiger partial charge in [-0.1, -0.05) is 24.3 Å². The van der Waals surface area contributed by atoms with Gasteiger partial charge in [-0.15, -0.1) is 0 Å². The molecule has 2 heterocycles. The van der Waals surface area contributed by atoms with Crippen LogP contribution in [0.1, 0.15) is 17.5 Å². The Hall–Kier alpha value is -4.04. The first kappa shape index (κ1) is 23.6. The van der Waals surface area contributed by atoms with Crippen LogP contribution in [0.4, 0.5) is 15.9 Å². The van der Waals surface area contributed by atoms with Gasteiger partial charge in [-0.25, -0.2) is 9.37 Å². The van der Waals surface area contributed by atoms with E-state index >= 15 is 0 Å². The summed E-state index contributed by atoms with van der Waals surface area (Å²) in [6.07, 6.45) is 3.42. The molecule has 0 spiro atoms. The summed E-state index contributed by atoms with van der Waals surface area (Å²) in [7, 11) is 0. The molecule has 4 aromatic rings. The minimum Gasteiger partial charge on any atom is -0.396 e. The number of fused-ring (bicyclic) bond motifs is 1. The standard InChI is InChI=1S/C24H24FN5.CH3NO/c25-20-14-19(7-6-17(20)3-1-11-26)23-10-8-21(27)24(30-23)29-15-16-5-9-22-18(13-16)4-2-12-28-22;2-1-3/h2,4-10,12-14H,1,3,11,15,26-27H2,(H,29,30);1H,(H2,2,3).